The quantitative estimate of drug-likeness (QED) is 0.820. The lowest BCUT2D eigenvalue weighted by atomic mass is 9.65. The van der Waals surface area contributed by atoms with Gasteiger partial charge in [0.25, 0.3) is 0 Å². The summed E-state index contributed by atoms with van der Waals surface area (Å²) >= 11 is 0. The van der Waals surface area contributed by atoms with Gasteiger partial charge in [0.15, 0.2) is 0 Å². The molecule has 0 saturated heterocycles. The molecular formula is C14H25N3. The first-order chi connectivity index (χ1) is 8.10. The van der Waals surface area contributed by atoms with Crippen LogP contribution in [0.1, 0.15) is 38.7 Å². The highest BCUT2D eigenvalue weighted by Gasteiger charge is 2.36. The average Bonchev–Trinajstić information content (AvgIpc) is 2.59. The molecule has 0 amide bonds. The Kier molecular flexibility index (Phi) is 3.87. The number of aryl methyl sites for hydroxylation is 1. The van der Waals surface area contributed by atoms with E-state index in [1.807, 2.05) is 17.9 Å². The fraction of sp³-hybridized carbons (Fsp3) is 0.786. The van der Waals surface area contributed by atoms with Gasteiger partial charge in [-0.3, -0.25) is 4.68 Å². The van der Waals surface area contributed by atoms with E-state index in [9.17, 15) is 0 Å². The van der Waals surface area contributed by atoms with Crippen LogP contribution in [0.2, 0.25) is 0 Å². The average molecular weight is 235 g/mol. The van der Waals surface area contributed by atoms with Gasteiger partial charge < -0.3 is 5.32 Å². The molecule has 3 heteroatoms. The molecule has 0 spiro atoms. The Labute approximate surface area is 105 Å². The predicted molar refractivity (Wildman–Crippen MR) is 70.9 cm³/mol. The van der Waals surface area contributed by atoms with Crippen LogP contribution in [0.4, 0.5) is 0 Å². The van der Waals surface area contributed by atoms with E-state index in [4.69, 9.17) is 0 Å². The van der Waals surface area contributed by atoms with Crippen LogP contribution in [-0.2, 0) is 13.5 Å². The van der Waals surface area contributed by atoms with Crippen molar-refractivity contribution >= 4 is 0 Å². The molecule has 1 fully saturated rings. The first-order valence-corrected chi connectivity index (χ1v) is 6.78. The maximum Gasteiger partial charge on any atom is 0.0521 e. The number of nitrogens with one attached hydrogen (secondary N) is 1. The molecule has 2 rings (SSSR count). The fourth-order valence-corrected chi connectivity index (χ4v) is 2.72. The van der Waals surface area contributed by atoms with Crippen molar-refractivity contribution in [2.24, 2.45) is 18.4 Å². The van der Waals surface area contributed by atoms with Gasteiger partial charge in [0.05, 0.1) is 6.20 Å². The first-order valence-electron chi connectivity index (χ1n) is 6.78. The van der Waals surface area contributed by atoms with Gasteiger partial charge in [-0.25, -0.2) is 0 Å². The molecule has 1 aliphatic carbocycles. The maximum atomic E-state index is 4.26. The summed E-state index contributed by atoms with van der Waals surface area (Å²) in [5.74, 6) is 0.741. The van der Waals surface area contributed by atoms with Gasteiger partial charge in [0, 0.05) is 19.8 Å². The highest BCUT2D eigenvalue weighted by molar-refractivity contribution is 5.10. The Morgan fingerprint density at radius 3 is 2.71 bits per heavy atom. The zero-order chi connectivity index (χ0) is 12.3. The van der Waals surface area contributed by atoms with Crippen LogP contribution in [0.5, 0.6) is 0 Å². The summed E-state index contributed by atoms with van der Waals surface area (Å²) in [7, 11) is 1.99. The summed E-state index contributed by atoms with van der Waals surface area (Å²) in [5, 5.41) is 7.89. The Hall–Kier alpha value is -0.830. The smallest absolute Gasteiger partial charge is 0.0521 e. The third-order valence-electron chi connectivity index (χ3n) is 3.80. The normalized spacial score (nSPS) is 18.4. The third kappa shape index (κ3) is 3.32. The van der Waals surface area contributed by atoms with Crippen LogP contribution in [0.3, 0.4) is 0 Å². The van der Waals surface area contributed by atoms with E-state index in [0.29, 0.717) is 5.41 Å². The molecule has 0 atom stereocenters. The number of nitrogens with zero attached hydrogens (tertiary/aromatic N) is 2. The van der Waals surface area contributed by atoms with Gasteiger partial charge in [-0.2, -0.15) is 5.10 Å². The minimum atomic E-state index is 0.512. The molecule has 96 valence electrons. The highest BCUT2D eigenvalue weighted by atomic mass is 15.2. The lowest BCUT2D eigenvalue weighted by Gasteiger charge is -2.42. The summed E-state index contributed by atoms with van der Waals surface area (Å²) in [6.45, 7) is 6.83. The first kappa shape index (κ1) is 12.6. The van der Waals surface area contributed by atoms with Crippen molar-refractivity contribution in [1.29, 1.82) is 0 Å². The number of hydrogen-bond acceptors (Lipinski definition) is 2. The lowest BCUT2D eigenvalue weighted by molar-refractivity contribution is 0.129. The molecular weight excluding hydrogens is 210 g/mol. The van der Waals surface area contributed by atoms with Crippen LogP contribution in [-0.4, -0.2) is 22.9 Å². The second-order valence-electron chi connectivity index (χ2n) is 6.08. The minimum Gasteiger partial charge on any atom is -0.316 e. The number of rotatable bonds is 6. The molecule has 3 nitrogen and oxygen atoms in total. The monoisotopic (exact) mass is 235 g/mol. The Morgan fingerprint density at radius 1 is 1.47 bits per heavy atom. The van der Waals surface area contributed by atoms with Crippen LogP contribution >= 0.6 is 0 Å². The molecule has 0 aliphatic heterocycles. The standard InChI is InChI=1S/C14H25N3/c1-12(2)8-15-11-14(5-4-6-14)7-13-9-16-17(3)10-13/h9-10,12,15H,4-8,11H2,1-3H3. The third-order valence-corrected chi connectivity index (χ3v) is 3.80. The molecule has 1 aromatic rings. The van der Waals surface area contributed by atoms with Gasteiger partial charge >= 0.3 is 0 Å². The van der Waals surface area contributed by atoms with Crippen molar-refractivity contribution in [2.75, 3.05) is 13.1 Å². The fourth-order valence-electron chi connectivity index (χ4n) is 2.72. The number of aromatic nitrogens is 2. The van der Waals surface area contributed by atoms with E-state index < -0.39 is 0 Å². The minimum absolute atomic E-state index is 0.512. The molecule has 1 aliphatic rings. The molecule has 0 aromatic carbocycles. The van der Waals surface area contributed by atoms with Gasteiger partial charge in [0.1, 0.15) is 0 Å². The molecule has 1 aromatic heterocycles. The molecule has 1 N–H and O–H groups in total. The Bertz CT molecular complexity index is 350. The van der Waals surface area contributed by atoms with Crippen molar-refractivity contribution in [3.8, 4) is 0 Å². The zero-order valence-corrected chi connectivity index (χ0v) is 11.4. The van der Waals surface area contributed by atoms with E-state index >= 15 is 0 Å². The summed E-state index contributed by atoms with van der Waals surface area (Å²) < 4.78 is 1.91. The van der Waals surface area contributed by atoms with Crippen LogP contribution in [0.25, 0.3) is 0 Å². The highest BCUT2D eigenvalue weighted by Crippen LogP contribution is 2.43. The van der Waals surface area contributed by atoms with Gasteiger partial charge in [-0.05, 0) is 42.7 Å². The zero-order valence-electron chi connectivity index (χ0n) is 11.4. The Balaban J connectivity index is 1.86. The summed E-state index contributed by atoms with van der Waals surface area (Å²) in [6, 6.07) is 0. The predicted octanol–water partition coefficient (Wildman–Crippen LogP) is 2.38. The van der Waals surface area contributed by atoms with Gasteiger partial charge in [-0.15, -0.1) is 0 Å². The van der Waals surface area contributed by atoms with Gasteiger partial charge in [0.2, 0.25) is 0 Å². The van der Waals surface area contributed by atoms with E-state index in [1.54, 1.807) is 0 Å². The summed E-state index contributed by atoms with van der Waals surface area (Å²) in [5.41, 5.74) is 1.90. The molecule has 0 radical (unpaired) electrons. The molecule has 0 unspecified atom stereocenters. The van der Waals surface area contributed by atoms with Crippen molar-refractivity contribution in [3.63, 3.8) is 0 Å². The SMILES string of the molecule is CC(C)CNCC1(Cc2cnn(C)c2)CCC1. The van der Waals surface area contributed by atoms with E-state index in [1.165, 1.54) is 37.8 Å². The summed E-state index contributed by atoms with van der Waals surface area (Å²) in [6.07, 6.45) is 9.49. The second-order valence-corrected chi connectivity index (χ2v) is 6.08. The van der Waals surface area contributed by atoms with E-state index in [-0.39, 0.29) is 0 Å². The maximum absolute atomic E-state index is 4.26. The largest absolute Gasteiger partial charge is 0.316 e. The van der Waals surface area contributed by atoms with E-state index in [0.717, 1.165) is 12.5 Å². The van der Waals surface area contributed by atoms with Gasteiger partial charge in [-0.1, -0.05) is 20.3 Å². The van der Waals surface area contributed by atoms with Crippen molar-refractivity contribution in [1.82, 2.24) is 15.1 Å². The van der Waals surface area contributed by atoms with Crippen molar-refractivity contribution in [3.05, 3.63) is 18.0 Å². The molecule has 1 heterocycles. The van der Waals surface area contributed by atoms with Crippen LogP contribution < -0.4 is 5.32 Å². The molecule has 0 bridgehead atoms. The molecule has 1 saturated carbocycles. The second kappa shape index (κ2) is 5.21. The van der Waals surface area contributed by atoms with Crippen LogP contribution in [0.15, 0.2) is 12.4 Å². The topological polar surface area (TPSA) is 29.9 Å². The van der Waals surface area contributed by atoms with Crippen molar-refractivity contribution in [2.45, 2.75) is 39.5 Å². The van der Waals surface area contributed by atoms with Crippen LogP contribution in [0, 0.1) is 11.3 Å². The van der Waals surface area contributed by atoms with E-state index in [2.05, 4.69) is 30.5 Å². The molecule has 17 heavy (non-hydrogen) atoms. The Morgan fingerprint density at radius 2 is 2.24 bits per heavy atom. The van der Waals surface area contributed by atoms with Crippen molar-refractivity contribution < 1.29 is 0 Å². The lowest BCUT2D eigenvalue weighted by Crippen LogP contribution is -2.42. The number of hydrogen-bond donors (Lipinski definition) is 1. The summed E-state index contributed by atoms with van der Waals surface area (Å²) in [4.78, 5) is 0.